The molecule has 3 rings (SSSR count). The number of nitrogens with zero attached hydrogens (tertiary/aromatic N) is 3. The van der Waals surface area contributed by atoms with Gasteiger partial charge in [-0.15, -0.1) is 0 Å². The van der Waals surface area contributed by atoms with Gasteiger partial charge in [0.2, 0.25) is 0 Å². The molecule has 0 bridgehead atoms. The Hall–Kier alpha value is -2.17. The molecular formula is C19H22ClN4-. The molecule has 0 fully saturated rings. The third kappa shape index (κ3) is 4.43. The summed E-state index contributed by atoms with van der Waals surface area (Å²) in [6.45, 7) is 1.95. The average molecular weight is 342 g/mol. The Kier molecular flexibility index (Phi) is 6.53. The molecule has 0 aliphatic carbocycles. The molecule has 5 heteroatoms. The maximum Gasteiger partial charge on any atom is 0.162 e. The lowest BCUT2D eigenvalue weighted by molar-refractivity contribution is -0.00000483. The highest BCUT2D eigenvalue weighted by molar-refractivity contribution is 5.90. The van der Waals surface area contributed by atoms with Crippen molar-refractivity contribution in [2.24, 2.45) is 0 Å². The minimum Gasteiger partial charge on any atom is -1.00 e. The van der Waals surface area contributed by atoms with E-state index in [2.05, 4.69) is 30.4 Å². The maximum atomic E-state index is 4.75. The Morgan fingerprint density at radius 2 is 1.62 bits per heavy atom. The highest BCUT2D eigenvalue weighted by atomic mass is 35.5. The number of para-hydroxylation sites is 1. The summed E-state index contributed by atoms with van der Waals surface area (Å²) >= 11 is 0. The zero-order valence-electron chi connectivity index (χ0n) is 14.0. The van der Waals surface area contributed by atoms with E-state index in [4.69, 9.17) is 9.97 Å². The number of aromatic nitrogens is 2. The van der Waals surface area contributed by atoms with E-state index in [1.165, 1.54) is 0 Å². The van der Waals surface area contributed by atoms with Gasteiger partial charge in [0.25, 0.3) is 0 Å². The van der Waals surface area contributed by atoms with Gasteiger partial charge in [-0.05, 0) is 39.2 Å². The lowest BCUT2D eigenvalue weighted by atomic mass is 10.2. The predicted octanol–water partition coefficient (Wildman–Crippen LogP) is 0.664. The first-order valence-electron chi connectivity index (χ1n) is 7.95. The van der Waals surface area contributed by atoms with Crippen molar-refractivity contribution in [1.82, 2.24) is 14.9 Å². The van der Waals surface area contributed by atoms with E-state index in [1.54, 1.807) is 0 Å². The molecule has 0 aliphatic rings. The van der Waals surface area contributed by atoms with E-state index < -0.39 is 0 Å². The lowest BCUT2D eigenvalue weighted by Crippen LogP contribution is -3.00. The van der Waals surface area contributed by atoms with Gasteiger partial charge >= 0.3 is 0 Å². The van der Waals surface area contributed by atoms with E-state index in [0.717, 1.165) is 47.6 Å². The number of benzene rings is 2. The van der Waals surface area contributed by atoms with Crippen LogP contribution in [0.25, 0.3) is 22.3 Å². The summed E-state index contributed by atoms with van der Waals surface area (Å²) < 4.78 is 0. The van der Waals surface area contributed by atoms with Crippen LogP contribution in [0.15, 0.2) is 54.6 Å². The van der Waals surface area contributed by atoms with Crippen molar-refractivity contribution >= 4 is 16.7 Å². The van der Waals surface area contributed by atoms with E-state index in [1.807, 2.05) is 48.5 Å². The van der Waals surface area contributed by atoms with Gasteiger partial charge < -0.3 is 22.6 Å². The first-order chi connectivity index (χ1) is 11.2. The Balaban J connectivity index is 0.00000208. The molecule has 0 atom stereocenters. The predicted molar refractivity (Wildman–Crippen MR) is 96.6 cm³/mol. The summed E-state index contributed by atoms with van der Waals surface area (Å²) in [7, 11) is 4.18. The summed E-state index contributed by atoms with van der Waals surface area (Å²) in [6.07, 6.45) is 1.08. The van der Waals surface area contributed by atoms with Crippen molar-refractivity contribution in [3.8, 4) is 11.4 Å². The van der Waals surface area contributed by atoms with Gasteiger partial charge in [0.1, 0.15) is 5.82 Å². The van der Waals surface area contributed by atoms with Crippen LogP contribution in [-0.4, -0.2) is 42.1 Å². The Labute approximate surface area is 149 Å². The van der Waals surface area contributed by atoms with Crippen molar-refractivity contribution in [3.05, 3.63) is 54.6 Å². The van der Waals surface area contributed by atoms with Gasteiger partial charge in [0, 0.05) is 17.5 Å². The first kappa shape index (κ1) is 18.2. The van der Waals surface area contributed by atoms with Crippen LogP contribution in [0.5, 0.6) is 0 Å². The van der Waals surface area contributed by atoms with E-state index in [9.17, 15) is 0 Å². The average Bonchev–Trinajstić information content (AvgIpc) is 2.59. The quantitative estimate of drug-likeness (QED) is 0.669. The van der Waals surface area contributed by atoms with Crippen LogP contribution in [0.2, 0.25) is 0 Å². The highest BCUT2D eigenvalue weighted by Gasteiger charge is 2.08. The fraction of sp³-hybridized carbons (Fsp3) is 0.263. The van der Waals surface area contributed by atoms with Crippen LogP contribution in [0.3, 0.4) is 0 Å². The van der Waals surface area contributed by atoms with E-state index in [-0.39, 0.29) is 12.4 Å². The molecule has 0 amide bonds. The van der Waals surface area contributed by atoms with Crippen LogP contribution in [-0.2, 0) is 0 Å². The summed E-state index contributed by atoms with van der Waals surface area (Å²) in [6, 6.07) is 18.3. The van der Waals surface area contributed by atoms with Gasteiger partial charge in [-0.3, -0.25) is 0 Å². The molecule has 2 aromatic carbocycles. The number of anilines is 1. The minimum atomic E-state index is 0. The fourth-order valence-electron chi connectivity index (χ4n) is 2.53. The molecule has 0 aliphatic heterocycles. The second kappa shape index (κ2) is 8.62. The summed E-state index contributed by atoms with van der Waals surface area (Å²) in [5.74, 6) is 1.67. The monoisotopic (exact) mass is 341 g/mol. The fourth-order valence-corrected chi connectivity index (χ4v) is 2.53. The molecule has 0 unspecified atom stereocenters. The summed E-state index contributed by atoms with van der Waals surface area (Å²) in [5, 5.41) is 4.54. The number of halogens is 1. The minimum absolute atomic E-state index is 0. The molecule has 0 radical (unpaired) electrons. The molecule has 126 valence electrons. The van der Waals surface area contributed by atoms with Gasteiger partial charge in [-0.25, -0.2) is 9.97 Å². The molecule has 0 saturated carbocycles. The zero-order chi connectivity index (χ0) is 16.1. The standard InChI is InChI=1S/C19H22N4.ClH/c1-23(2)14-8-13-20-19-16-11-6-7-12-17(16)21-18(22-19)15-9-4-3-5-10-15;/h3-7,9-12H,8,13-14H2,1-2H3,(H,20,21,22);1H/p-1. The van der Waals surface area contributed by atoms with Gasteiger partial charge in [0.15, 0.2) is 5.82 Å². The van der Waals surface area contributed by atoms with Crippen LogP contribution in [0.1, 0.15) is 6.42 Å². The molecule has 4 nitrogen and oxygen atoms in total. The maximum absolute atomic E-state index is 4.75. The Bertz CT molecular complexity index is 775. The summed E-state index contributed by atoms with van der Waals surface area (Å²) in [5.41, 5.74) is 2.01. The third-order valence-corrected chi connectivity index (χ3v) is 3.71. The largest absolute Gasteiger partial charge is 1.00 e. The Morgan fingerprint density at radius 1 is 0.917 bits per heavy atom. The molecule has 1 heterocycles. The number of hydrogen-bond donors (Lipinski definition) is 1. The van der Waals surface area contributed by atoms with E-state index >= 15 is 0 Å². The van der Waals surface area contributed by atoms with Gasteiger partial charge in [-0.2, -0.15) is 0 Å². The van der Waals surface area contributed by atoms with Crippen LogP contribution in [0.4, 0.5) is 5.82 Å². The first-order valence-corrected chi connectivity index (χ1v) is 7.95. The van der Waals surface area contributed by atoms with Crippen LogP contribution in [0, 0.1) is 0 Å². The second-order valence-corrected chi connectivity index (χ2v) is 5.86. The van der Waals surface area contributed by atoms with Crippen molar-refractivity contribution in [2.45, 2.75) is 6.42 Å². The molecule has 3 aromatic rings. The molecule has 1 aromatic heterocycles. The molecule has 1 N–H and O–H groups in total. The zero-order valence-corrected chi connectivity index (χ0v) is 14.8. The SMILES string of the molecule is CN(C)CCCNc1nc(-c2ccccc2)nc2ccccc12.[Cl-]. The van der Waals surface area contributed by atoms with E-state index in [0.29, 0.717) is 0 Å². The van der Waals surface area contributed by atoms with Crippen molar-refractivity contribution < 1.29 is 12.4 Å². The second-order valence-electron chi connectivity index (χ2n) is 5.86. The highest BCUT2D eigenvalue weighted by Crippen LogP contribution is 2.24. The van der Waals surface area contributed by atoms with Crippen molar-refractivity contribution in [3.63, 3.8) is 0 Å². The molecular weight excluding hydrogens is 320 g/mol. The molecule has 0 spiro atoms. The van der Waals surface area contributed by atoms with Crippen LogP contribution < -0.4 is 17.7 Å². The van der Waals surface area contributed by atoms with Crippen molar-refractivity contribution in [2.75, 3.05) is 32.5 Å². The topological polar surface area (TPSA) is 41.0 Å². The van der Waals surface area contributed by atoms with Crippen LogP contribution >= 0.6 is 0 Å². The Morgan fingerprint density at radius 3 is 2.38 bits per heavy atom. The summed E-state index contributed by atoms with van der Waals surface area (Å²) in [4.78, 5) is 11.6. The van der Waals surface area contributed by atoms with Gasteiger partial charge in [-0.1, -0.05) is 42.5 Å². The number of rotatable bonds is 6. The lowest BCUT2D eigenvalue weighted by Gasteiger charge is -2.13. The van der Waals surface area contributed by atoms with Gasteiger partial charge in [0.05, 0.1) is 5.52 Å². The molecule has 0 saturated heterocycles. The number of fused-ring (bicyclic) bond motifs is 1. The smallest absolute Gasteiger partial charge is 0.162 e. The van der Waals surface area contributed by atoms with Crippen molar-refractivity contribution in [1.29, 1.82) is 0 Å². The number of nitrogens with one attached hydrogen (secondary N) is 1. The normalized spacial score (nSPS) is 10.6. The molecule has 24 heavy (non-hydrogen) atoms. The third-order valence-electron chi connectivity index (χ3n) is 3.71. The number of hydrogen-bond acceptors (Lipinski definition) is 4.